The Labute approximate surface area is 113 Å². The SMILES string of the molecule is CCC(NC)c1ccc(N2CC(=O)NC(=O)C2)cc1. The summed E-state index contributed by atoms with van der Waals surface area (Å²) in [6.45, 7) is 2.59. The molecule has 2 N–H and O–H groups in total. The van der Waals surface area contributed by atoms with Gasteiger partial charge in [0, 0.05) is 11.7 Å². The van der Waals surface area contributed by atoms with Gasteiger partial charge in [0.05, 0.1) is 13.1 Å². The van der Waals surface area contributed by atoms with Gasteiger partial charge < -0.3 is 10.2 Å². The van der Waals surface area contributed by atoms with Crippen LogP contribution in [0.2, 0.25) is 0 Å². The molecule has 5 nitrogen and oxygen atoms in total. The summed E-state index contributed by atoms with van der Waals surface area (Å²) in [6, 6.07) is 8.33. The number of rotatable bonds is 4. The number of hydrogen-bond acceptors (Lipinski definition) is 4. The van der Waals surface area contributed by atoms with Gasteiger partial charge in [0.15, 0.2) is 0 Å². The molecule has 2 amide bonds. The normalized spacial score (nSPS) is 17.3. The molecule has 0 bridgehead atoms. The van der Waals surface area contributed by atoms with E-state index in [0.717, 1.165) is 12.1 Å². The molecule has 0 spiro atoms. The van der Waals surface area contributed by atoms with Crippen LogP contribution in [0.5, 0.6) is 0 Å². The van der Waals surface area contributed by atoms with Crippen molar-refractivity contribution in [3.8, 4) is 0 Å². The number of imide groups is 1. The molecule has 1 aliphatic heterocycles. The zero-order chi connectivity index (χ0) is 13.8. The molecule has 1 aromatic carbocycles. The second-order valence-corrected chi connectivity index (χ2v) is 4.67. The maximum atomic E-state index is 11.3. The number of carbonyl (C=O) groups excluding carboxylic acids is 2. The van der Waals surface area contributed by atoms with Crippen LogP contribution in [0.1, 0.15) is 24.9 Å². The van der Waals surface area contributed by atoms with Gasteiger partial charge in [0.2, 0.25) is 11.8 Å². The molecule has 2 rings (SSSR count). The van der Waals surface area contributed by atoms with Crippen LogP contribution >= 0.6 is 0 Å². The number of piperazine rings is 1. The van der Waals surface area contributed by atoms with Gasteiger partial charge in [-0.3, -0.25) is 14.9 Å². The van der Waals surface area contributed by atoms with Crippen molar-refractivity contribution in [3.05, 3.63) is 29.8 Å². The van der Waals surface area contributed by atoms with Crippen molar-refractivity contribution in [1.82, 2.24) is 10.6 Å². The third-order valence-corrected chi connectivity index (χ3v) is 3.37. The largest absolute Gasteiger partial charge is 0.353 e. The Kier molecular flexibility index (Phi) is 4.16. The van der Waals surface area contributed by atoms with Gasteiger partial charge in [-0.15, -0.1) is 0 Å². The van der Waals surface area contributed by atoms with E-state index in [1.807, 2.05) is 31.3 Å². The highest BCUT2D eigenvalue weighted by molar-refractivity contribution is 6.02. The number of anilines is 1. The van der Waals surface area contributed by atoms with Crippen molar-refractivity contribution in [2.24, 2.45) is 0 Å². The summed E-state index contributed by atoms with van der Waals surface area (Å²) >= 11 is 0. The molecular weight excluding hydrogens is 242 g/mol. The molecule has 0 aliphatic carbocycles. The van der Waals surface area contributed by atoms with Crippen molar-refractivity contribution in [2.75, 3.05) is 25.0 Å². The van der Waals surface area contributed by atoms with Crippen molar-refractivity contribution < 1.29 is 9.59 Å². The molecule has 1 unspecified atom stereocenters. The Morgan fingerprint density at radius 3 is 2.26 bits per heavy atom. The first kappa shape index (κ1) is 13.5. The quantitative estimate of drug-likeness (QED) is 0.788. The Bertz CT molecular complexity index is 450. The smallest absolute Gasteiger partial charge is 0.246 e. The number of benzene rings is 1. The van der Waals surface area contributed by atoms with Crippen LogP contribution in [0.3, 0.4) is 0 Å². The minimum Gasteiger partial charge on any atom is -0.353 e. The summed E-state index contributed by atoms with van der Waals surface area (Å²) in [7, 11) is 1.94. The molecule has 1 saturated heterocycles. The summed E-state index contributed by atoms with van der Waals surface area (Å²) in [5.41, 5.74) is 2.11. The topological polar surface area (TPSA) is 61.4 Å². The van der Waals surface area contributed by atoms with Crippen LogP contribution in [0.15, 0.2) is 24.3 Å². The number of nitrogens with zero attached hydrogens (tertiary/aromatic N) is 1. The number of hydrogen-bond donors (Lipinski definition) is 2. The lowest BCUT2D eigenvalue weighted by Gasteiger charge is -2.27. The lowest BCUT2D eigenvalue weighted by atomic mass is 10.0. The van der Waals surface area contributed by atoms with Crippen molar-refractivity contribution in [3.63, 3.8) is 0 Å². The molecule has 5 heteroatoms. The van der Waals surface area contributed by atoms with E-state index in [9.17, 15) is 9.59 Å². The molecule has 0 radical (unpaired) electrons. The Balaban J connectivity index is 2.13. The lowest BCUT2D eigenvalue weighted by molar-refractivity contribution is -0.130. The van der Waals surface area contributed by atoms with Crippen molar-refractivity contribution in [2.45, 2.75) is 19.4 Å². The summed E-state index contributed by atoms with van der Waals surface area (Å²) in [5, 5.41) is 5.55. The standard InChI is InChI=1S/C14H19N3O2/c1-3-12(15-2)10-4-6-11(7-5-10)17-8-13(18)16-14(19)9-17/h4-7,12,15H,3,8-9H2,1-2H3,(H,16,18,19). The van der Waals surface area contributed by atoms with Crippen LogP contribution < -0.4 is 15.5 Å². The molecule has 0 aromatic heterocycles. The third-order valence-electron chi connectivity index (χ3n) is 3.37. The van der Waals surface area contributed by atoms with E-state index >= 15 is 0 Å². The highest BCUT2D eigenvalue weighted by Gasteiger charge is 2.22. The Hall–Kier alpha value is -1.88. The van der Waals surface area contributed by atoms with E-state index in [1.165, 1.54) is 5.56 Å². The maximum absolute atomic E-state index is 11.3. The predicted octanol–water partition coefficient (Wildman–Crippen LogP) is 0.820. The molecule has 0 saturated carbocycles. The first-order chi connectivity index (χ1) is 9.13. The van der Waals surface area contributed by atoms with E-state index in [4.69, 9.17) is 0 Å². The van der Waals surface area contributed by atoms with Gasteiger partial charge >= 0.3 is 0 Å². The molecule has 1 atom stereocenters. The molecule has 19 heavy (non-hydrogen) atoms. The van der Waals surface area contributed by atoms with Gasteiger partial charge in [0.1, 0.15) is 0 Å². The van der Waals surface area contributed by atoms with Gasteiger partial charge in [-0.05, 0) is 31.2 Å². The van der Waals surface area contributed by atoms with Gasteiger partial charge in [-0.2, -0.15) is 0 Å². The third kappa shape index (κ3) is 3.12. The van der Waals surface area contributed by atoms with Gasteiger partial charge in [-0.25, -0.2) is 0 Å². The van der Waals surface area contributed by atoms with Gasteiger partial charge in [-0.1, -0.05) is 19.1 Å². The molecule has 1 aliphatic rings. The predicted molar refractivity (Wildman–Crippen MR) is 73.9 cm³/mol. The Morgan fingerprint density at radius 2 is 1.79 bits per heavy atom. The fourth-order valence-electron chi connectivity index (χ4n) is 2.34. The van der Waals surface area contributed by atoms with Crippen LogP contribution in [0.4, 0.5) is 5.69 Å². The average Bonchev–Trinajstić information content (AvgIpc) is 2.40. The Morgan fingerprint density at radius 1 is 1.21 bits per heavy atom. The van der Waals surface area contributed by atoms with E-state index in [1.54, 1.807) is 4.90 Å². The summed E-state index contributed by atoms with van der Waals surface area (Å²) in [6.07, 6.45) is 1.01. The molecule has 1 aromatic rings. The average molecular weight is 261 g/mol. The highest BCUT2D eigenvalue weighted by Crippen LogP contribution is 2.21. The monoisotopic (exact) mass is 261 g/mol. The van der Waals surface area contributed by atoms with E-state index in [2.05, 4.69) is 17.6 Å². The summed E-state index contributed by atoms with van der Waals surface area (Å²) in [4.78, 5) is 24.5. The number of amides is 2. The minimum atomic E-state index is -0.248. The van der Waals surface area contributed by atoms with Crippen LogP contribution in [0.25, 0.3) is 0 Å². The maximum Gasteiger partial charge on any atom is 0.246 e. The summed E-state index contributed by atoms with van der Waals surface area (Å²) < 4.78 is 0. The minimum absolute atomic E-state index is 0.230. The van der Waals surface area contributed by atoms with Crippen molar-refractivity contribution in [1.29, 1.82) is 0 Å². The molecule has 1 fully saturated rings. The van der Waals surface area contributed by atoms with Crippen LogP contribution in [-0.4, -0.2) is 32.0 Å². The summed E-state index contributed by atoms with van der Waals surface area (Å²) in [5.74, 6) is -0.496. The van der Waals surface area contributed by atoms with E-state index in [-0.39, 0.29) is 24.9 Å². The lowest BCUT2D eigenvalue weighted by Crippen LogP contribution is -2.51. The van der Waals surface area contributed by atoms with Gasteiger partial charge in [0.25, 0.3) is 0 Å². The number of carbonyl (C=O) groups is 2. The second kappa shape index (κ2) is 5.84. The molecular formula is C14H19N3O2. The van der Waals surface area contributed by atoms with Crippen molar-refractivity contribution >= 4 is 17.5 Å². The molecule has 1 heterocycles. The van der Waals surface area contributed by atoms with Crippen LogP contribution in [-0.2, 0) is 9.59 Å². The van der Waals surface area contributed by atoms with E-state index in [0.29, 0.717) is 6.04 Å². The molecule has 102 valence electrons. The number of nitrogens with one attached hydrogen (secondary N) is 2. The zero-order valence-electron chi connectivity index (χ0n) is 11.3. The first-order valence-electron chi connectivity index (χ1n) is 6.49. The fourth-order valence-corrected chi connectivity index (χ4v) is 2.34. The highest BCUT2D eigenvalue weighted by atomic mass is 16.2. The zero-order valence-corrected chi connectivity index (χ0v) is 11.3. The first-order valence-corrected chi connectivity index (χ1v) is 6.49. The van der Waals surface area contributed by atoms with Crippen LogP contribution in [0, 0.1) is 0 Å². The fraction of sp³-hybridized carbons (Fsp3) is 0.429. The second-order valence-electron chi connectivity index (χ2n) is 4.67. The van der Waals surface area contributed by atoms with E-state index < -0.39 is 0 Å².